The summed E-state index contributed by atoms with van der Waals surface area (Å²) in [6.07, 6.45) is -2.94. The van der Waals surface area contributed by atoms with Gasteiger partial charge in [-0.25, -0.2) is 4.79 Å². The third-order valence-corrected chi connectivity index (χ3v) is 6.26. The number of halogens is 3. The van der Waals surface area contributed by atoms with Crippen molar-refractivity contribution in [3.05, 3.63) is 35.9 Å². The molecule has 1 spiro atoms. The van der Waals surface area contributed by atoms with Crippen molar-refractivity contribution >= 4 is 11.9 Å². The molecular weight excluding hydrogens is 401 g/mol. The first-order valence-electron chi connectivity index (χ1n) is 10.0. The minimum absolute atomic E-state index is 0.213. The van der Waals surface area contributed by atoms with E-state index in [1.165, 1.54) is 5.56 Å². The minimum atomic E-state index is -5.08. The Morgan fingerprint density at radius 3 is 2.47 bits per heavy atom. The Morgan fingerprint density at radius 2 is 1.97 bits per heavy atom. The molecule has 0 aromatic heterocycles. The third kappa shape index (κ3) is 4.78. The molecule has 0 radical (unpaired) electrons. The van der Waals surface area contributed by atoms with Gasteiger partial charge in [-0.3, -0.25) is 4.79 Å². The Bertz CT molecular complexity index is 752. The second kappa shape index (κ2) is 8.93. The molecule has 3 heterocycles. The van der Waals surface area contributed by atoms with Gasteiger partial charge < -0.3 is 19.6 Å². The fraction of sp³-hybridized carbons (Fsp3) is 0.619. The third-order valence-electron chi connectivity index (χ3n) is 6.26. The predicted octanol–water partition coefficient (Wildman–Crippen LogP) is 2.60. The number of hydrogen-bond donors (Lipinski definition) is 1. The number of rotatable bonds is 3. The average Bonchev–Trinajstić information content (AvgIpc) is 3.40. The molecule has 3 saturated heterocycles. The molecule has 3 aliphatic rings. The number of carboxylic acids is 1. The fourth-order valence-electron chi connectivity index (χ4n) is 4.77. The van der Waals surface area contributed by atoms with E-state index < -0.39 is 12.1 Å². The van der Waals surface area contributed by atoms with E-state index in [0.717, 1.165) is 52.2 Å². The van der Waals surface area contributed by atoms with E-state index in [2.05, 4.69) is 35.2 Å². The summed E-state index contributed by atoms with van der Waals surface area (Å²) in [6, 6.07) is 10.6. The lowest BCUT2D eigenvalue weighted by Crippen LogP contribution is -2.38. The summed E-state index contributed by atoms with van der Waals surface area (Å²) >= 11 is 0. The van der Waals surface area contributed by atoms with E-state index in [1.54, 1.807) is 0 Å². The number of amides is 1. The van der Waals surface area contributed by atoms with Crippen molar-refractivity contribution in [3.8, 4) is 0 Å². The van der Waals surface area contributed by atoms with Gasteiger partial charge in [-0.2, -0.15) is 13.2 Å². The van der Waals surface area contributed by atoms with Crippen molar-refractivity contribution in [1.29, 1.82) is 0 Å². The zero-order chi connectivity index (χ0) is 21.9. The van der Waals surface area contributed by atoms with Crippen molar-refractivity contribution in [3.63, 3.8) is 0 Å². The molecule has 6 nitrogen and oxygen atoms in total. The smallest absolute Gasteiger partial charge is 0.475 e. The lowest BCUT2D eigenvalue weighted by atomic mass is 9.73. The molecule has 0 saturated carbocycles. The van der Waals surface area contributed by atoms with Gasteiger partial charge in [0.25, 0.3) is 0 Å². The zero-order valence-electron chi connectivity index (χ0n) is 16.9. The van der Waals surface area contributed by atoms with Gasteiger partial charge in [-0.1, -0.05) is 30.3 Å². The molecular formula is C21H27F3N2O4. The maximum absolute atomic E-state index is 13.0. The number of hydrogen-bond acceptors (Lipinski definition) is 4. The summed E-state index contributed by atoms with van der Waals surface area (Å²) in [5.41, 5.74) is 1.11. The highest BCUT2D eigenvalue weighted by atomic mass is 19.4. The summed E-state index contributed by atoms with van der Waals surface area (Å²) < 4.78 is 37.3. The van der Waals surface area contributed by atoms with E-state index in [0.29, 0.717) is 17.7 Å². The van der Waals surface area contributed by atoms with E-state index in [4.69, 9.17) is 14.6 Å². The average molecular weight is 428 g/mol. The number of nitrogens with zero attached hydrogens (tertiary/aromatic N) is 2. The molecule has 1 unspecified atom stereocenters. The van der Waals surface area contributed by atoms with Crippen molar-refractivity contribution in [2.75, 3.05) is 46.4 Å². The molecule has 166 valence electrons. The molecule has 1 amide bonds. The number of carbonyl (C=O) groups excluding carboxylic acids is 1. The van der Waals surface area contributed by atoms with E-state index in [9.17, 15) is 18.0 Å². The summed E-state index contributed by atoms with van der Waals surface area (Å²) in [4.78, 5) is 26.3. The molecule has 1 N–H and O–H groups in total. The normalized spacial score (nSPS) is 29.3. The molecule has 3 aliphatic heterocycles. The number of likely N-dealkylation sites (tertiary alicyclic amines) is 2. The highest BCUT2D eigenvalue weighted by Crippen LogP contribution is 2.49. The number of aliphatic carboxylic acids is 1. The number of alkyl halides is 3. The second-order valence-corrected chi connectivity index (χ2v) is 8.32. The number of benzene rings is 1. The van der Waals surface area contributed by atoms with Crippen LogP contribution in [0.1, 0.15) is 24.3 Å². The maximum Gasteiger partial charge on any atom is 0.490 e. The first-order chi connectivity index (χ1) is 14.1. The molecule has 0 bridgehead atoms. The van der Waals surface area contributed by atoms with Crippen LogP contribution in [0.4, 0.5) is 13.2 Å². The van der Waals surface area contributed by atoms with Crippen LogP contribution in [0.5, 0.6) is 0 Å². The Balaban J connectivity index is 0.000000318. The van der Waals surface area contributed by atoms with Crippen LogP contribution >= 0.6 is 0 Å². The van der Waals surface area contributed by atoms with Crippen LogP contribution in [0.15, 0.2) is 30.3 Å². The number of ether oxygens (including phenoxy) is 1. The first-order valence-corrected chi connectivity index (χ1v) is 10.0. The van der Waals surface area contributed by atoms with Gasteiger partial charge in [0.2, 0.25) is 5.91 Å². The monoisotopic (exact) mass is 428 g/mol. The Kier molecular flexibility index (Phi) is 6.71. The summed E-state index contributed by atoms with van der Waals surface area (Å²) in [6.45, 7) is 5.65. The molecule has 4 rings (SSSR count). The molecule has 3 atom stereocenters. The second-order valence-electron chi connectivity index (χ2n) is 8.32. The molecule has 0 aliphatic carbocycles. The standard InChI is InChI=1S/C19H26N2O2.C2HF3O2/c1-20-9-8-19(18(20)22)14-21(11-15-7-10-23-13-15)12-17(19)16-5-3-2-4-6-16;3-2(4,5)1(6)7/h2-6,15,17H,7-14H2,1H3;(H,6,7)/t15?,17-,19+;/m0./s1. The Hall–Kier alpha value is -2.13. The van der Waals surface area contributed by atoms with Crippen molar-refractivity contribution in [2.24, 2.45) is 11.3 Å². The first kappa shape index (κ1) is 22.6. The van der Waals surface area contributed by atoms with Crippen LogP contribution in [0.3, 0.4) is 0 Å². The molecule has 30 heavy (non-hydrogen) atoms. The SMILES string of the molecule is CN1CC[C@]2(CN(CC3CCOC3)C[C@H]2c2ccccc2)C1=O.O=C(O)C(F)(F)F. The van der Waals surface area contributed by atoms with E-state index in [1.807, 2.05) is 11.9 Å². The van der Waals surface area contributed by atoms with Crippen LogP contribution < -0.4 is 0 Å². The lowest BCUT2D eigenvalue weighted by molar-refractivity contribution is -0.192. The van der Waals surface area contributed by atoms with Crippen molar-refractivity contribution < 1.29 is 32.6 Å². The topological polar surface area (TPSA) is 70.1 Å². The predicted molar refractivity (Wildman–Crippen MR) is 103 cm³/mol. The molecule has 1 aromatic carbocycles. The largest absolute Gasteiger partial charge is 0.490 e. The maximum atomic E-state index is 13.0. The summed E-state index contributed by atoms with van der Waals surface area (Å²) in [7, 11) is 1.95. The highest BCUT2D eigenvalue weighted by molar-refractivity contribution is 5.86. The summed E-state index contributed by atoms with van der Waals surface area (Å²) in [5, 5.41) is 7.12. The lowest BCUT2D eigenvalue weighted by Gasteiger charge is -2.28. The number of carboxylic acid groups (broad SMARTS) is 1. The van der Waals surface area contributed by atoms with Gasteiger partial charge in [0.15, 0.2) is 0 Å². The van der Waals surface area contributed by atoms with Gasteiger partial charge >= 0.3 is 12.1 Å². The van der Waals surface area contributed by atoms with Crippen LogP contribution in [0.2, 0.25) is 0 Å². The van der Waals surface area contributed by atoms with Gasteiger partial charge in [-0.05, 0) is 24.3 Å². The molecule has 1 aromatic rings. The van der Waals surface area contributed by atoms with Crippen LogP contribution in [0, 0.1) is 11.3 Å². The van der Waals surface area contributed by atoms with E-state index >= 15 is 0 Å². The minimum Gasteiger partial charge on any atom is -0.475 e. The number of carbonyl (C=O) groups is 2. The van der Waals surface area contributed by atoms with Crippen LogP contribution in [-0.2, 0) is 14.3 Å². The molecule has 9 heteroatoms. The Morgan fingerprint density at radius 1 is 1.30 bits per heavy atom. The fourth-order valence-corrected chi connectivity index (χ4v) is 4.77. The van der Waals surface area contributed by atoms with E-state index in [-0.39, 0.29) is 5.41 Å². The quantitative estimate of drug-likeness (QED) is 0.802. The van der Waals surface area contributed by atoms with Gasteiger partial charge in [0.05, 0.1) is 12.0 Å². The highest BCUT2D eigenvalue weighted by Gasteiger charge is 2.56. The van der Waals surface area contributed by atoms with Gasteiger partial charge in [0.1, 0.15) is 0 Å². The van der Waals surface area contributed by atoms with Crippen molar-refractivity contribution in [1.82, 2.24) is 9.80 Å². The Labute approximate surface area is 173 Å². The van der Waals surface area contributed by atoms with Gasteiger partial charge in [-0.15, -0.1) is 0 Å². The summed E-state index contributed by atoms with van der Waals surface area (Å²) in [5.74, 6) is -1.46. The van der Waals surface area contributed by atoms with Crippen molar-refractivity contribution in [2.45, 2.75) is 24.9 Å². The van der Waals surface area contributed by atoms with Crippen LogP contribution in [-0.4, -0.2) is 79.4 Å². The molecule has 3 fully saturated rings. The van der Waals surface area contributed by atoms with Crippen LogP contribution in [0.25, 0.3) is 0 Å². The zero-order valence-corrected chi connectivity index (χ0v) is 16.9. The van der Waals surface area contributed by atoms with Gasteiger partial charge in [0, 0.05) is 45.8 Å².